The maximum Gasteiger partial charge on any atom is 0.100 e. The second-order valence-electron chi connectivity index (χ2n) is 4.34. The lowest BCUT2D eigenvalue weighted by Gasteiger charge is -2.06. The van der Waals surface area contributed by atoms with Crippen LogP contribution in [0.1, 0.15) is 42.3 Å². The van der Waals surface area contributed by atoms with E-state index < -0.39 is 0 Å². The molecule has 0 radical (unpaired) electrons. The van der Waals surface area contributed by atoms with Crippen LogP contribution in [0.25, 0.3) is 0 Å². The van der Waals surface area contributed by atoms with Gasteiger partial charge in [0.1, 0.15) is 5.01 Å². The Labute approximate surface area is 82.2 Å². The Morgan fingerprint density at radius 2 is 2.31 bits per heavy atom. The van der Waals surface area contributed by atoms with Gasteiger partial charge in [0.15, 0.2) is 0 Å². The van der Waals surface area contributed by atoms with E-state index in [0.717, 1.165) is 12.5 Å². The van der Waals surface area contributed by atoms with E-state index >= 15 is 0 Å². The number of hydrogen-bond donors (Lipinski definition) is 1. The van der Waals surface area contributed by atoms with E-state index in [0.29, 0.717) is 5.41 Å². The minimum Gasteiger partial charge on any atom is -0.329 e. The Bertz CT molecular complexity index is 323. The Balaban J connectivity index is 1.88. The molecule has 2 aliphatic carbocycles. The normalized spacial score (nSPS) is 24.7. The van der Waals surface area contributed by atoms with Crippen LogP contribution in [-0.4, -0.2) is 11.5 Å². The van der Waals surface area contributed by atoms with E-state index in [4.69, 9.17) is 10.7 Å². The van der Waals surface area contributed by atoms with Crippen molar-refractivity contribution >= 4 is 11.3 Å². The zero-order chi connectivity index (χ0) is 8.89. The summed E-state index contributed by atoms with van der Waals surface area (Å²) in [5.74, 6) is 0.790. The van der Waals surface area contributed by atoms with Crippen LogP contribution in [0.3, 0.4) is 0 Å². The first-order chi connectivity index (χ1) is 6.34. The molecule has 0 atom stereocenters. The van der Waals surface area contributed by atoms with Crippen molar-refractivity contribution in [2.24, 2.45) is 5.73 Å². The fourth-order valence-corrected chi connectivity index (χ4v) is 2.93. The Morgan fingerprint density at radius 3 is 2.85 bits per heavy atom. The summed E-state index contributed by atoms with van der Waals surface area (Å²) in [6.45, 7) is 0.782. The lowest BCUT2D eigenvalue weighted by molar-refractivity contribution is 0.693. The summed E-state index contributed by atoms with van der Waals surface area (Å²) in [6.07, 6.45) is 5.19. The monoisotopic (exact) mass is 194 g/mol. The van der Waals surface area contributed by atoms with Gasteiger partial charge in [0.25, 0.3) is 0 Å². The zero-order valence-corrected chi connectivity index (χ0v) is 8.44. The molecule has 0 aromatic carbocycles. The number of aromatic nitrogens is 1. The summed E-state index contributed by atoms with van der Waals surface area (Å²) in [7, 11) is 0. The highest BCUT2D eigenvalue weighted by Crippen LogP contribution is 2.50. The summed E-state index contributed by atoms with van der Waals surface area (Å²) >= 11 is 1.82. The van der Waals surface area contributed by atoms with Gasteiger partial charge in [0.05, 0.1) is 5.69 Å². The fourth-order valence-electron chi connectivity index (χ4n) is 1.75. The summed E-state index contributed by atoms with van der Waals surface area (Å²) < 4.78 is 0. The summed E-state index contributed by atoms with van der Waals surface area (Å²) in [6, 6.07) is 0. The van der Waals surface area contributed by atoms with Gasteiger partial charge in [-0.3, -0.25) is 0 Å². The molecule has 0 saturated heterocycles. The van der Waals surface area contributed by atoms with Gasteiger partial charge in [-0.1, -0.05) is 0 Å². The Kier molecular flexibility index (Phi) is 1.56. The number of hydrogen-bond acceptors (Lipinski definition) is 3. The van der Waals surface area contributed by atoms with Gasteiger partial charge in [-0.05, 0) is 25.7 Å². The molecule has 0 amide bonds. The van der Waals surface area contributed by atoms with Crippen LogP contribution >= 0.6 is 11.3 Å². The van der Waals surface area contributed by atoms with Gasteiger partial charge in [-0.15, -0.1) is 11.3 Å². The quantitative estimate of drug-likeness (QED) is 0.799. The van der Waals surface area contributed by atoms with Crippen molar-refractivity contribution in [3.63, 3.8) is 0 Å². The summed E-state index contributed by atoms with van der Waals surface area (Å²) in [5.41, 5.74) is 7.40. The van der Waals surface area contributed by atoms with Gasteiger partial charge in [-0.25, -0.2) is 4.98 Å². The predicted molar refractivity (Wildman–Crippen MR) is 54.1 cm³/mol. The van der Waals surface area contributed by atoms with E-state index in [9.17, 15) is 0 Å². The molecule has 3 rings (SSSR count). The molecule has 0 bridgehead atoms. The third kappa shape index (κ3) is 1.22. The molecule has 3 heteroatoms. The van der Waals surface area contributed by atoms with Crippen molar-refractivity contribution in [1.82, 2.24) is 4.98 Å². The molecular formula is C10H14N2S. The molecule has 0 unspecified atom stereocenters. The first-order valence-corrected chi connectivity index (χ1v) is 5.88. The maximum atomic E-state index is 5.77. The third-order valence-corrected chi connectivity index (χ3v) is 4.32. The summed E-state index contributed by atoms with van der Waals surface area (Å²) in [4.78, 5) is 4.72. The Morgan fingerprint density at radius 1 is 1.54 bits per heavy atom. The van der Waals surface area contributed by atoms with Crippen LogP contribution in [0.5, 0.6) is 0 Å². The molecule has 1 aromatic heterocycles. The third-order valence-electron chi connectivity index (χ3n) is 3.22. The highest BCUT2D eigenvalue weighted by Gasteiger charge is 2.46. The lowest BCUT2D eigenvalue weighted by atomic mass is 10.1. The minimum atomic E-state index is 0.303. The molecular weight excluding hydrogens is 180 g/mol. The number of thiazole rings is 1. The number of nitrogens with two attached hydrogens (primary N) is 1. The van der Waals surface area contributed by atoms with Crippen LogP contribution in [0, 0.1) is 0 Å². The first-order valence-electron chi connectivity index (χ1n) is 5.00. The molecule has 13 heavy (non-hydrogen) atoms. The van der Waals surface area contributed by atoms with Gasteiger partial charge >= 0.3 is 0 Å². The zero-order valence-electron chi connectivity index (χ0n) is 7.62. The molecule has 0 aliphatic heterocycles. The van der Waals surface area contributed by atoms with Crippen molar-refractivity contribution in [2.75, 3.05) is 6.54 Å². The second-order valence-corrected chi connectivity index (χ2v) is 5.19. The van der Waals surface area contributed by atoms with E-state index in [1.54, 1.807) is 0 Å². The van der Waals surface area contributed by atoms with Gasteiger partial charge in [0.2, 0.25) is 0 Å². The second kappa shape index (κ2) is 2.55. The van der Waals surface area contributed by atoms with Crippen LogP contribution in [-0.2, 0) is 5.41 Å². The highest BCUT2D eigenvalue weighted by molar-refractivity contribution is 7.09. The molecule has 2 fully saturated rings. The summed E-state index contributed by atoms with van der Waals surface area (Å²) in [5, 5.41) is 3.54. The highest BCUT2D eigenvalue weighted by atomic mass is 32.1. The van der Waals surface area contributed by atoms with Gasteiger partial charge in [-0.2, -0.15) is 0 Å². The number of nitrogens with zero attached hydrogens (tertiary/aromatic N) is 1. The predicted octanol–water partition coefficient (Wildman–Crippen LogP) is 2.01. The molecule has 2 saturated carbocycles. The molecule has 0 spiro atoms. The largest absolute Gasteiger partial charge is 0.329 e. The molecule has 2 aliphatic rings. The SMILES string of the molecule is NCC1(c2nc(C3CC3)cs2)CC1. The molecule has 70 valence electrons. The smallest absolute Gasteiger partial charge is 0.100 e. The Hall–Kier alpha value is -0.410. The van der Waals surface area contributed by atoms with Crippen molar-refractivity contribution in [3.05, 3.63) is 16.1 Å². The standard InChI is InChI=1S/C10H14N2S/c11-6-10(3-4-10)9-12-8(5-13-9)7-1-2-7/h5,7H,1-4,6,11H2. The number of rotatable bonds is 3. The van der Waals surface area contributed by atoms with E-state index in [-0.39, 0.29) is 0 Å². The minimum absolute atomic E-state index is 0.303. The van der Waals surface area contributed by atoms with E-state index in [1.807, 2.05) is 11.3 Å². The first kappa shape index (κ1) is 7.94. The fraction of sp³-hybridized carbons (Fsp3) is 0.700. The molecule has 2 N–H and O–H groups in total. The topological polar surface area (TPSA) is 38.9 Å². The van der Waals surface area contributed by atoms with Crippen molar-refractivity contribution < 1.29 is 0 Å². The average molecular weight is 194 g/mol. The maximum absolute atomic E-state index is 5.77. The van der Waals surface area contributed by atoms with Crippen molar-refractivity contribution in [1.29, 1.82) is 0 Å². The molecule has 1 aromatic rings. The van der Waals surface area contributed by atoms with Crippen LogP contribution in [0.4, 0.5) is 0 Å². The van der Waals surface area contributed by atoms with Crippen molar-refractivity contribution in [2.45, 2.75) is 37.0 Å². The van der Waals surface area contributed by atoms with Crippen LogP contribution in [0.15, 0.2) is 5.38 Å². The van der Waals surface area contributed by atoms with Crippen LogP contribution < -0.4 is 5.73 Å². The van der Waals surface area contributed by atoms with E-state index in [2.05, 4.69) is 5.38 Å². The van der Waals surface area contributed by atoms with Crippen LogP contribution in [0.2, 0.25) is 0 Å². The average Bonchev–Trinajstić information content (AvgIpc) is 3.07. The van der Waals surface area contributed by atoms with Gasteiger partial charge in [0, 0.05) is 23.3 Å². The molecule has 2 nitrogen and oxygen atoms in total. The van der Waals surface area contributed by atoms with E-state index in [1.165, 1.54) is 36.4 Å². The van der Waals surface area contributed by atoms with Gasteiger partial charge < -0.3 is 5.73 Å². The lowest BCUT2D eigenvalue weighted by Crippen LogP contribution is -2.19. The van der Waals surface area contributed by atoms with Crippen molar-refractivity contribution in [3.8, 4) is 0 Å². The molecule has 1 heterocycles.